The van der Waals surface area contributed by atoms with E-state index >= 15 is 0 Å². The second-order valence-corrected chi connectivity index (χ2v) is 6.06. The molecular weight excluding hydrogens is 316 g/mol. The third-order valence-corrected chi connectivity index (χ3v) is 4.57. The maximum Gasteiger partial charge on any atom is 0.387 e. The molecule has 1 aliphatic rings. The second kappa shape index (κ2) is 8.97. The highest BCUT2D eigenvalue weighted by Crippen LogP contribution is 2.26. The first-order chi connectivity index (χ1) is 11.5. The van der Waals surface area contributed by atoms with Gasteiger partial charge in [0.05, 0.1) is 11.7 Å². The van der Waals surface area contributed by atoms with E-state index in [9.17, 15) is 13.6 Å². The van der Waals surface area contributed by atoms with E-state index in [-0.39, 0.29) is 29.4 Å². The smallest absolute Gasteiger partial charge is 0.387 e. The number of carbonyl (C=O) groups is 1. The number of halogens is 2. The average molecular weight is 341 g/mol. The average Bonchev–Trinajstić information content (AvgIpc) is 2.56. The molecule has 134 valence electrons. The number of nitrogens with one attached hydrogen (secondary N) is 1. The quantitative estimate of drug-likeness (QED) is 0.815. The van der Waals surface area contributed by atoms with Crippen molar-refractivity contribution in [3.63, 3.8) is 0 Å². The number of ether oxygens (including phenoxy) is 2. The van der Waals surface area contributed by atoms with E-state index in [0.717, 1.165) is 25.7 Å². The van der Waals surface area contributed by atoms with Crippen LogP contribution in [0.2, 0.25) is 0 Å². The number of benzene rings is 1. The fourth-order valence-electron chi connectivity index (χ4n) is 3.22. The monoisotopic (exact) mass is 341 g/mol. The molecule has 0 spiro atoms. The molecule has 1 heterocycles. The van der Waals surface area contributed by atoms with Gasteiger partial charge in [0.2, 0.25) is 0 Å². The SMILES string of the molecule is CCC(CC)[C@@H]1C[C@@H](NC(=O)c2ccccc2OC(F)F)CCO1. The lowest BCUT2D eigenvalue weighted by Gasteiger charge is -2.34. The molecule has 1 saturated heterocycles. The van der Waals surface area contributed by atoms with Crippen molar-refractivity contribution in [3.8, 4) is 5.75 Å². The van der Waals surface area contributed by atoms with Crippen LogP contribution in [0.15, 0.2) is 24.3 Å². The van der Waals surface area contributed by atoms with Crippen molar-refractivity contribution in [1.29, 1.82) is 0 Å². The van der Waals surface area contributed by atoms with Gasteiger partial charge in [-0.05, 0) is 30.9 Å². The van der Waals surface area contributed by atoms with Crippen molar-refractivity contribution in [2.45, 2.75) is 58.3 Å². The molecule has 0 saturated carbocycles. The molecule has 24 heavy (non-hydrogen) atoms. The molecule has 1 N–H and O–H groups in total. The van der Waals surface area contributed by atoms with Crippen LogP contribution in [0.3, 0.4) is 0 Å². The van der Waals surface area contributed by atoms with Gasteiger partial charge < -0.3 is 14.8 Å². The molecule has 0 aromatic heterocycles. The largest absolute Gasteiger partial charge is 0.434 e. The highest BCUT2D eigenvalue weighted by Gasteiger charge is 2.29. The standard InChI is InChI=1S/C18H25F2NO3/c1-3-12(4-2)16-11-13(9-10-23-16)21-17(22)14-7-5-6-8-15(14)24-18(19)20/h5-8,12-13,16,18H,3-4,9-11H2,1-2H3,(H,21,22)/t13-,16-/m0/s1. The van der Waals surface area contributed by atoms with Gasteiger partial charge in [-0.15, -0.1) is 0 Å². The van der Waals surface area contributed by atoms with Gasteiger partial charge in [0.15, 0.2) is 0 Å². The van der Waals surface area contributed by atoms with E-state index in [0.29, 0.717) is 12.5 Å². The summed E-state index contributed by atoms with van der Waals surface area (Å²) >= 11 is 0. The van der Waals surface area contributed by atoms with E-state index in [1.165, 1.54) is 12.1 Å². The molecule has 0 bridgehead atoms. The molecule has 2 rings (SSSR count). The van der Waals surface area contributed by atoms with Gasteiger partial charge in [0.25, 0.3) is 5.91 Å². The third kappa shape index (κ3) is 4.90. The van der Waals surface area contributed by atoms with Crippen molar-refractivity contribution in [1.82, 2.24) is 5.32 Å². The molecule has 1 fully saturated rings. The van der Waals surface area contributed by atoms with Crippen molar-refractivity contribution < 1.29 is 23.0 Å². The summed E-state index contributed by atoms with van der Waals surface area (Å²) in [6.45, 7) is 1.91. The maximum absolute atomic E-state index is 12.5. The van der Waals surface area contributed by atoms with Crippen molar-refractivity contribution >= 4 is 5.91 Å². The van der Waals surface area contributed by atoms with Crippen LogP contribution in [0.4, 0.5) is 8.78 Å². The fourth-order valence-corrected chi connectivity index (χ4v) is 3.22. The number of hydrogen-bond donors (Lipinski definition) is 1. The lowest BCUT2D eigenvalue weighted by atomic mass is 9.89. The lowest BCUT2D eigenvalue weighted by Crippen LogP contribution is -2.44. The topological polar surface area (TPSA) is 47.6 Å². The van der Waals surface area contributed by atoms with E-state index in [1.54, 1.807) is 12.1 Å². The van der Waals surface area contributed by atoms with Crippen LogP contribution in [0.5, 0.6) is 5.75 Å². The predicted octanol–water partition coefficient (Wildman–Crippen LogP) is 4.00. The van der Waals surface area contributed by atoms with Crippen LogP contribution in [-0.2, 0) is 4.74 Å². The van der Waals surface area contributed by atoms with Gasteiger partial charge in [-0.2, -0.15) is 8.78 Å². The van der Waals surface area contributed by atoms with E-state index in [1.807, 2.05) is 0 Å². The van der Waals surface area contributed by atoms with Gasteiger partial charge in [-0.1, -0.05) is 38.8 Å². The van der Waals surface area contributed by atoms with Crippen LogP contribution in [0.25, 0.3) is 0 Å². The number of amides is 1. The summed E-state index contributed by atoms with van der Waals surface area (Å²) < 4.78 is 35.2. The summed E-state index contributed by atoms with van der Waals surface area (Å²) in [5.74, 6) is -0.0193. The van der Waals surface area contributed by atoms with Crippen molar-refractivity contribution in [3.05, 3.63) is 29.8 Å². The Labute approximate surface area is 141 Å². The highest BCUT2D eigenvalue weighted by molar-refractivity contribution is 5.97. The predicted molar refractivity (Wildman–Crippen MR) is 87.4 cm³/mol. The van der Waals surface area contributed by atoms with Crippen LogP contribution in [0, 0.1) is 5.92 Å². The zero-order valence-electron chi connectivity index (χ0n) is 14.1. The Kier molecular flexibility index (Phi) is 6.97. The minimum absolute atomic E-state index is 0.0172. The van der Waals surface area contributed by atoms with Gasteiger partial charge in [0, 0.05) is 12.6 Å². The van der Waals surface area contributed by atoms with E-state index in [2.05, 4.69) is 23.9 Å². The molecule has 0 radical (unpaired) electrons. The zero-order valence-corrected chi connectivity index (χ0v) is 14.1. The minimum Gasteiger partial charge on any atom is -0.434 e. The molecule has 1 amide bonds. The summed E-state index contributed by atoms with van der Waals surface area (Å²) in [6.07, 6.45) is 3.67. The summed E-state index contributed by atoms with van der Waals surface area (Å²) in [5, 5.41) is 2.94. The van der Waals surface area contributed by atoms with Crippen LogP contribution >= 0.6 is 0 Å². The molecule has 0 aliphatic carbocycles. The molecule has 0 unspecified atom stereocenters. The number of alkyl halides is 2. The second-order valence-electron chi connectivity index (χ2n) is 6.06. The Morgan fingerprint density at radius 3 is 2.71 bits per heavy atom. The van der Waals surface area contributed by atoms with Crippen LogP contribution in [-0.4, -0.2) is 31.3 Å². The number of rotatable bonds is 7. The first-order valence-electron chi connectivity index (χ1n) is 8.51. The Hall–Kier alpha value is -1.69. The Bertz CT molecular complexity index is 535. The normalized spacial score (nSPS) is 21.1. The number of carbonyl (C=O) groups excluding carboxylic acids is 1. The Balaban J connectivity index is 2.02. The van der Waals surface area contributed by atoms with Crippen molar-refractivity contribution in [2.24, 2.45) is 5.92 Å². The van der Waals surface area contributed by atoms with Gasteiger partial charge >= 0.3 is 6.61 Å². The van der Waals surface area contributed by atoms with Gasteiger partial charge in [0.1, 0.15) is 5.75 Å². The van der Waals surface area contributed by atoms with Gasteiger partial charge in [-0.25, -0.2) is 0 Å². The molecule has 1 aliphatic heterocycles. The van der Waals surface area contributed by atoms with Gasteiger partial charge in [-0.3, -0.25) is 4.79 Å². The van der Waals surface area contributed by atoms with Crippen LogP contribution in [0.1, 0.15) is 49.9 Å². The first-order valence-corrected chi connectivity index (χ1v) is 8.51. The zero-order chi connectivity index (χ0) is 17.5. The summed E-state index contributed by atoms with van der Waals surface area (Å²) in [4.78, 5) is 12.5. The number of hydrogen-bond acceptors (Lipinski definition) is 3. The molecule has 1 aromatic carbocycles. The Morgan fingerprint density at radius 2 is 2.04 bits per heavy atom. The molecular formula is C18H25F2NO3. The third-order valence-electron chi connectivity index (χ3n) is 4.57. The summed E-state index contributed by atoms with van der Waals surface area (Å²) in [6, 6.07) is 6.04. The molecule has 4 nitrogen and oxygen atoms in total. The summed E-state index contributed by atoms with van der Waals surface area (Å²) in [7, 11) is 0. The number of para-hydroxylation sites is 1. The fraction of sp³-hybridized carbons (Fsp3) is 0.611. The lowest BCUT2D eigenvalue weighted by molar-refractivity contribution is -0.0502. The first kappa shape index (κ1) is 18.6. The Morgan fingerprint density at radius 1 is 1.33 bits per heavy atom. The molecule has 1 aromatic rings. The minimum atomic E-state index is -2.96. The molecule has 6 heteroatoms. The molecule has 2 atom stereocenters. The van der Waals surface area contributed by atoms with E-state index in [4.69, 9.17) is 4.74 Å². The van der Waals surface area contributed by atoms with E-state index < -0.39 is 6.61 Å². The highest BCUT2D eigenvalue weighted by atomic mass is 19.3. The van der Waals surface area contributed by atoms with Crippen LogP contribution < -0.4 is 10.1 Å². The maximum atomic E-state index is 12.5. The van der Waals surface area contributed by atoms with Crippen molar-refractivity contribution in [2.75, 3.05) is 6.61 Å². The summed E-state index contributed by atoms with van der Waals surface area (Å²) in [5.41, 5.74) is 0.128.